The Morgan fingerprint density at radius 2 is 2.13 bits per heavy atom. The number of hydrogen-bond acceptors (Lipinski definition) is 5. The number of rotatable bonds is 4. The van der Waals surface area contributed by atoms with Crippen molar-refractivity contribution in [2.24, 2.45) is 0 Å². The molecule has 4 rings (SSSR count). The lowest BCUT2D eigenvalue weighted by Gasteiger charge is -2.28. The van der Waals surface area contributed by atoms with Crippen LogP contribution in [0.4, 0.5) is 0 Å². The average molecular weight is 311 g/mol. The Bertz CT molecular complexity index is 717. The topological polar surface area (TPSA) is 47.5 Å². The van der Waals surface area contributed by atoms with Crippen LogP contribution in [0.15, 0.2) is 24.4 Å². The van der Waals surface area contributed by atoms with Crippen LogP contribution in [0.1, 0.15) is 36.0 Å². The zero-order chi connectivity index (χ0) is 15.6. The van der Waals surface area contributed by atoms with Gasteiger partial charge in [0, 0.05) is 32.3 Å². The lowest BCUT2D eigenvalue weighted by Crippen LogP contribution is -2.31. The minimum Gasteiger partial charge on any atom is -0.454 e. The molecule has 5 heteroatoms. The van der Waals surface area contributed by atoms with E-state index < -0.39 is 0 Å². The molecule has 0 bridgehead atoms. The van der Waals surface area contributed by atoms with Crippen LogP contribution in [0.3, 0.4) is 0 Å². The van der Waals surface area contributed by atoms with E-state index in [1.54, 1.807) is 0 Å². The molecule has 0 fully saturated rings. The molecule has 23 heavy (non-hydrogen) atoms. The molecule has 0 aliphatic carbocycles. The second kappa shape index (κ2) is 6.16. The van der Waals surface area contributed by atoms with Gasteiger partial charge in [-0.25, -0.2) is 9.97 Å². The maximum atomic E-state index is 5.47. The molecule has 0 saturated carbocycles. The summed E-state index contributed by atoms with van der Waals surface area (Å²) in [6.07, 6.45) is 5.08. The first-order valence-electron chi connectivity index (χ1n) is 8.26. The molecule has 0 spiro atoms. The summed E-state index contributed by atoms with van der Waals surface area (Å²) in [5, 5.41) is 0. The first kappa shape index (κ1) is 14.5. The number of ether oxygens (including phenoxy) is 2. The number of benzene rings is 1. The van der Waals surface area contributed by atoms with Crippen molar-refractivity contribution in [3.63, 3.8) is 0 Å². The van der Waals surface area contributed by atoms with Gasteiger partial charge in [-0.1, -0.05) is 13.0 Å². The van der Waals surface area contributed by atoms with Gasteiger partial charge in [0.2, 0.25) is 6.79 Å². The largest absolute Gasteiger partial charge is 0.454 e. The fraction of sp³-hybridized carbons (Fsp3) is 0.444. The second-order valence-corrected chi connectivity index (χ2v) is 6.16. The van der Waals surface area contributed by atoms with E-state index in [0.29, 0.717) is 6.79 Å². The quantitative estimate of drug-likeness (QED) is 0.869. The van der Waals surface area contributed by atoms with Crippen LogP contribution >= 0.6 is 0 Å². The number of nitrogens with zero attached hydrogens (tertiary/aromatic N) is 3. The molecule has 1 aromatic heterocycles. The van der Waals surface area contributed by atoms with Crippen molar-refractivity contribution in [3.05, 3.63) is 47.0 Å². The van der Waals surface area contributed by atoms with Crippen molar-refractivity contribution in [1.29, 1.82) is 0 Å². The van der Waals surface area contributed by atoms with Crippen LogP contribution in [-0.4, -0.2) is 28.2 Å². The van der Waals surface area contributed by atoms with Gasteiger partial charge in [-0.3, -0.25) is 4.90 Å². The molecule has 0 atom stereocenters. The molecule has 0 N–H and O–H groups in total. The predicted molar refractivity (Wildman–Crippen MR) is 86.4 cm³/mol. The van der Waals surface area contributed by atoms with Crippen LogP contribution in [0.25, 0.3) is 0 Å². The summed E-state index contributed by atoms with van der Waals surface area (Å²) in [7, 11) is 0. The highest BCUT2D eigenvalue weighted by Gasteiger charge is 2.20. The Kier molecular flexibility index (Phi) is 3.87. The van der Waals surface area contributed by atoms with E-state index in [2.05, 4.69) is 28.9 Å². The number of hydrogen-bond donors (Lipinski definition) is 0. The van der Waals surface area contributed by atoms with Gasteiger partial charge < -0.3 is 9.47 Å². The molecule has 2 aliphatic rings. The summed E-state index contributed by atoms with van der Waals surface area (Å²) in [5.74, 6) is 2.67. The first-order chi connectivity index (χ1) is 11.3. The summed E-state index contributed by atoms with van der Waals surface area (Å²) in [4.78, 5) is 11.7. The van der Waals surface area contributed by atoms with E-state index >= 15 is 0 Å². The van der Waals surface area contributed by atoms with Gasteiger partial charge in [-0.2, -0.15) is 0 Å². The molecule has 0 amide bonds. The van der Waals surface area contributed by atoms with Gasteiger partial charge in [0.25, 0.3) is 0 Å². The minimum absolute atomic E-state index is 0.326. The van der Waals surface area contributed by atoms with Crippen molar-refractivity contribution in [3.8, 4) is 11.5 Å². The fourth-order valence-electron chi connectivity index (χ4n) is 3.18. The van der Waals surface area contributed by atoms with E-state index in [1.165, 1.54) is 16.8 Å². The van der Waals surface area contributed by atoms with Crippen LogP contribution in [0.2, 0.25) is 0 Å². The lowest BCUT2D eigenvalue weighted by molar-refractivity contribution is 0.174. The zero-order valence-electron chi connectivity index (χ0n) is 13.4. The molecule has 0 unspecified atom stereocenters. The summed E-state index contributed by atoms with van der Waals surface area (Å²) >= 11 is 0. The monoisotopic (exact) mass is 311 g/mol. The molecular weight excluding hydrogens is 290 g/mol. The molecule has 5 nitrogen and oxygen atoms in total. The number of aromatic nitrogens is 2. The third kappa shape index (κ3) is 3.01. The summed E-state index contributed by atoms with van der Waals surface area (Å²) in [5.41, 5.74) is 3.74. The van der Waals surface area contributed by atoms with Gasteiger partial charge in [0.05, 0.1) is 5.69 Å². The van der Waals surface area contributed by atoms with E-state index in [1.807, 2.05) is 12.3 Å². The highest BCUT2D eigenvalue weighted by Crippen LogP contribution is 2.33. The first-order valence-corrected chi connectivity index (χ1v) is 8.26. The molecular formula is C18H21N3O2. The molecule has 120 valence electrons. The van der Waals surface area contributed by atoms with E-state index in [-0.39, 0.29) is 0 Å². The third-order valence-electron chi connectivity index (χ3n) is 4.39. The molecule has 0 saturated heterocycles. The van der Waals surface area contributed by atoms with Crippen molar-refractivity contribution in [1.82, 2.24) is 14.9 Å². The zero-order valence-corrected chi connectivity index (χ0v) is 13.4. The molecule has 2 aliphatic heterocycles. The van der Waals surface area contributed by atoms with Crippen LogP contribution in [0.5, 0.6) is 11.5 Å². The summed E-state index contributed by atoms with van der Waals surface area (Å²) < 4.78 is 10.8. The predicted octanol–water partition coefficient (Wildman–Crippen LogP) is 2.72. The maximum absolute atomic E-state index is 5.47. The maximum Gasteiger partial charge on any atom is 0.231 e. The van der Waals surface area contributed by atoms with Gasteiger partial charge in [0.15, 0.2) is 11.5 Å². The second-order valence-electron chi connectivity index (χ2n) is 6.16. The van der Waals surface area contributed by atoms with E-state index in [4.69, 9.17) is 14.5 Å². The highest BCUT2D eigenvalue weighted by atomic mass is 16.7. The fourth-order valence-corrected chi connectivity index (χ4v) is 3.18. The molecule has 1 aromatic carbocycles. The standard InChI is InChI=1S/C18H21N3O2/c1-2-3-18-19-9-14-6-7-21(11-15(14)20-18)10-13-4-5-16-17(8-13)23-12-22-16/h4-5,8-9H,2-3,6-7,10-12H2,1H3. The van der Waals surface area contributed by atoms with Crippen LogP contribution in [0, 0.1) is 0 Å². The summed E-state index contributed by atoms with van der Waals surface area (Å²) in [6, 6.07) is 6.20. The van der Waals surface area contributed by atoms with E-state index in [0.717, 1.165) is 56.2 Å². The van der Waals surface area contributed by atoms with Crippen molar-refractivity contribution < 1.29 is 9.47 Å². The Labute approximate surface area is 136 Å². The van der Waals surface area contributed by atoms with E-state index in [9.17, 15) is 0 Å². The van der Waals surface area contributed by atoms with Crippen molar-refractivity contribution in [2.75, 3.05) is 13.3 Å². The van der Waals surface area contributed by atoms with Crippen molar-refractivity contribution in [2.45, 2.75) is 39.3 Å². The summed E-state index contributed by atoms with van der Waals surface area (Å²) in [6.45, 7) is 5.33. The highest BCUT2D eigenvalue weighted by molar-refractivity contribution is 5.44. The minimum atomic E-state index is 0.326. The normalized spacial score (nSPS) is 16.4. The SMILES string of the molecule is CCCc1ncc2c(n1)CN(Cc1ccc3c(c1)OCO3)CC2. The van der Waals surface area contributed by atoms with Crippen molar-refractivity contribution >= 4 is 0 Å². The molecule has 0 radical (unpaired) electrons. The van der Waals surface area contributed by atoms with Crippen LogP contribution < -0.4 is 9.47 Å². The number of fused-ring (bicyclic) bond motifs is 2. The smallest absolute Gasteiger partial charge is 0.231 e. The number of aryl methyl sites for hydroxylation is 1. The molecule has 2 aromatic rings. The lowest BCUT2D eigenvalue weighted by atomic mass is 10.1. The Balaban J connectivity index is 1.48. The Morgan fingerprint density at radius 1 is 1.22 bits per heavy atom. The average Bonchev–Trinajstić information content (AvgIpc) is 3.02. The van der Waals surface area contributed by atoms with Gasteiger partial charge in [0.1, 0.15) is 5.82 Å². The third-order valence-corrected chi connectivity index (χ3v) is 4.39. The van der Waals surface area contributed by atoms with Crippen LogP contribution in [-0.2, 0) is 25.9 Å². The Hall–Kier alpha value is -2.14. The molecule has 3 heterocycles. The van der Waals surface area contributed by atoms with Gasteiger partial charge in [-0.15, -0.1) is 0 Å². The van der Waals surface area contributed by atoms with Gasteiger partial charge >= 0.3 is 0 Å². The Morgan fingerprint density at radius 3 is 3.04 bits per heavy atom. The van der Waals surface area contributed by atoms with Gasteiger partial charge in [-0.05, 0) is 36.1 Å².